The number of alkyl halides is 2. The molecule has 0 bridgehead atoms. The molecule has 2 rings (SSSR count). The minimum absolute atomic E-state index is 0.571. The van der Waals surface area contributed by atoms with E-state index in [4.69, 9.17) is 44.3 Å². The van der Waals surface area contributed by atoms with Crippen LogP contribution in [-0.2, 0) is 0 Å². The smallest absolute Gasteiger partial charge is 0.145 e. The summed E-state index contributed by atoms with van der Waals surface area (Å²) in [4.78, 5) is 0. The Kier molecular flexibility index (Phi) is 8.14. The van der Waals surface area contributed by atoms with E-state index in [2.05, 4.69) is 0 Å². The van der Waals surface area contributed by atoms with E-state index >= 15 is 0 Å². The van der Waals surface area contributed by atoms with Gasteiger partial charge in [-0.2, -0.15) is 0 Å². The van der Waals surface area contributed by atoms with Crippen molar-refractivity contribution in [2.75, 3.05) is 25.0 Å². The Morgan fingerprint density at radius 1 is 0.783 bits per heavy atom. The van der Waals surface area contributed by atoms with Crippen molar-refractivity contribution in [1.82, 2.24) is 0 Å². The number of unbranched alkanes of at least 4 members (excludes halogenated alkanes) is 2. The number of halogens is 3. The Bertz CT molecular complexity index is 616. The Morgan fingerprint density at radius 2 is 1.39 bits per heavy atom. The molecule has 0 aromatic heterocycles. The lowest BCUT2D eigenvalue weighted by molar-refractivity contribution is 0.306. The van der Waals surface area contributed by atoms with Gasteiger partial charge in [-0.3, -0.25) is 0 Å². The van der Waals surface area contributed by atoms with Gasteiger partial charge in [-0.05, 0) is 25.7 Å². The molecule has 126 valence electrons. The monoisotopic (exact) mass is 374 g/mol. The van der Waals surface area contributed by atoms with Crippen molar-refractivity contribution >= 4 is 45.6 Å². The second-order valence-corrected chi connectivity index (χ2v) is 6.38. The maximum Gasteiger partial charge on any atom is 0.145 e. The summed E-state index contributed by atoms with van der Waals surface area (Å²) in [6.07, 6.45) is 3.70. The molecule has 2 aromatic rings. The second kappa shape index (κ2) is 10.1. The summed E-state index contributed by atoms with van der Waals surface area (Å²) in [6.45, 7) is 1.23. The summed E-state index contributed by atoms with van der Waals surface area (Å²) in [5.74, 6) is 2.80. The zero-order valence-corrected chi connectivity index (χ0v) is 15.3. The third kappa shape index (κ3) is 5.34. The predicted octanol–water partition coefficient (Wildman–Crippen LogP) is 6.29. The standard InChI is InChI=1S/C18H21Cl3O2/c19-9-3-5-11-22-17-13-16(21)18(23-12-6-4-10-20)15-8-2-1-7-14(15)17/h1-2,7-8,13H,3-6,9-12H2. The molecule has 0 amide bonds. The molecule has 0 heterocycles. The molecule has 0 aliphatic rings. The van der Waals surface area contributed by atoms with Gasteiger partial charge in [0.25, 0.3) is 0 Å². The van der Waals surface area contributed by atoms with Crippen LogP contribution in [0.3, 0.4) is 0 Å². The fraction of sp³-hybridized carbons (Fsp3) is 0.444. The molecule has 0 atom stereocenters. The van der Waals surface area contributed by atoms with Crippen molar-refractivity contribution in [3.63, 3.8) is 0 Å². The molecule has 2 nitrogen and oxygen atoms in total. The Morgan fingerprint density at radius 3 is 2.04 bits per heavy atom. The molecule has 0 N–H and O–H groups in total. The van der Waals surface area contributed by atoms with Crippen molar-refractivity contribution in [2.24, 2.45) is 0 Å². The lowest BCUT2D eigenvalue weighted by Crippen LogP contribution is -2.01. The Labute approximate surface area is 152 Å². The van der Waals surface area contributed by atoms with Gasteiger partial charge in [0, 0.05) is 28.6 Å². The first kappa shape index (κ1) is 18.5. The summed E-state index contributed by atoms with van der Waals surface area (Å²) in [6, 6.07) is 9.82. The van der Waals surface area contributed by atoms with Crippen molar-refractivity contribution in [3.8, 4) is 11.5 Å². The second-order valence-electron chi connectivity index (χ2n) is 5.22. The minimum atomic E-state index is 0.571. The first-order chi connectivity index (χ1) is 11.3. The van der Waals surface area contributed by atoms with Crippen LogP contribution in [0.2, 0.25) is 5.02 Å². The molecule has 0 aliphatic carbocycles. The van der Waals surface area contributed by atoms with Crippen LogP contribution in [0.1, 0.15) is 25.7 Å². The summed E-state index contributed by atoms with van der Waals surface area (Å²) in [5.41, 5.74) is 0. The number of rotatable bonds is 10. The molecule has 5 heteroatoms. The van der Waals surface area contributed by atoms with E-state index in [0.29, 0.717) is 35.7 Å². The van der Waals surface area contributed by atoms with E-state index in [1.807, 2.05) is 30.3 Å². The Hall–Kier alpha value is -0.830. The van der Waals surface area contributed by atoms with Gasteiger partial charge in [0.05, 0.1) is 18.2 Å². The quantitative estimate of drug-likeness (QED) is 0.359. The van der Waals surface area contributed by atoms with Gasteiger partial charge >= 0.3 is 0 Å². The first-order valence-electron chi connectivity index (χ1n) is 7.86. The first-order valence-corrected chi connectivity index (χ1v) is 9.31. The van der Waals surface area contributed by atoms with E-state index < -0.39 is 0 Å². The fourth-order valence-electron chi connectivity index (χ4n) is 2.30. The van der Waals surface area contributed by atoms with Gasteiger partial charge in [-0.1, -0.05) is 35.9 Å². The van der Waals surface area contributed by atoms with Crippen molar-refractivity contribution in [3.05, 3.63) is 35.4 Å². The maximum absolute atomic E-state index is 6.41. The maximum atomic E-state index is 6.41. The highest BCUT2D eigenvalue weighted by molar-refractivity contribution is 6.33. The van der Waals surface area contributed by atoms with Crippen LogP contribution in [0.25, 0.3) is 10.8 Å². The van der Waals surface area contributed by atoms with Gasteiger partial charge in [0.15, 0.2) is 0 Å². The number of benzene rings is 2. The molecule has 0 radical (unpaired) electrons. The zero-order valence-electron chi connectivity index (χ0n) is 13.0. The SMILES string of the molecule is ClCCCCOc1cc(Cl)c(OCCCCCl)c2ccccc12. The normalized spacial score (nSPS) is 10.9. The van der Waals surface area contributed by atoms with E-state index in [1.54, 1.807) is 0 Å². The average molecular weight is 376 g/mol. The molecule has 0 saturated carbocycles. The van der Waals surface area contributed by atoms with Crippen LogP contribution < -0.4 is 9.47 Å². The average Bonchev–Trinajstić information content (AvgIpc) is 2.57. The van der Waals surface area contributed by atoms with Crippen LogP contribution in [0.15, 0.2) is 30.3 Å². The summed E-state index contributed by atoms with van der Waals surface area (Å²) < 4.78 is 11.8. The molecular weight excluding hydrogens is 355 g/mol. The van der Waals surface area contributed by atoms with Gasteiger partial charge in [-0.25, -0.2) is 0 Å². The van der Waals surface area contributed by atoms with Crippen molar-refractivity contribution < 1.29 is 9.47 Å². The third-order valence-corrected chi connectivity index (χ3v) is 4.29. The van der Waals surface area contributed by atoms with Gasteiger partial charge in [0.1, 0.15) is 11.5 Å². The molecular formula is C18H21Cl3O2. The van der Waals surface area contributed by atoms with E-state index in [-0.39, 0.29) is 0 Å². The molecule has 0 unspecified atom stereocenters. The third-order valence-electron chi connectivity index (χ3n) is 3.47. The van der Waals surface area contributed by atoms with E-state index in [0.717, 1.165) is 42.2 Å². The molecule has 2 aromatic carbocycles. The molecule has 0 fully saturated rings. The number of ether oxygens (including phenoxy) is 2. The fourth-order valence-corrected chi connectivity index (χ4v) is 2.93. The van der Waals surface area contributed by atoms with E-state index in [9.17, 15) is 0 Å². The van der Waals surface area contributed by atoms with Gasteiger partial charge in [0.2, 0.25) is 0 Å². The molecule has 23 heavy (non-hydrogen) atoms. The van der Waals surface area contributed by atoms with E-state index in [1.165, 1.54) is 0 Å². The largest absolute Gasteiger partial charge is 0.493 e. The summed E-state index contributed by atoms with van der Waals surface area (Å²) in [5, 5.41) is 2.55. The highest BCUT2D eigenvalue weighted by Gasteiger charge is 2.13. The van der Waals surface area contributed by atoms with Crippen LogP contribution >= 0.6 is 34.8 Å². The lowest BCUT2D eigenvalue weighted by atomic mass is 10.1. The van der Waals surface area contributed by atoms with Crippen LogP contribution in [0.5, 0.6) is 11.5 Å². The number of hydrogen-bond donors (Lipinski definition) is 0. The van der Waals surface area contributed by atoms with Gasteiger partial charge < -0.3 is 9.47 Å². The van der Waals surface area contributed by atoms with Crippen molar-refractivity contribution in [2.45, 2.75) is 25.7 Å². The minimum Gasteiger partial charge on any atom is -0.493 e. The molecule has 0 spiro atoms. The Balaban J connectivity index is 2.19. The molecule has 0 aliphatic heterocycles. The topological polar surface area (TPSA) is 18.5 Å². The summed E-state index contributed by atoms with van der Waals surface area (Å²) in [7, 11) is 0. The number of fused-ring (bicyclic) bond motifs is 1. The van der Waals surface area contributed by atoms with Crippen LogP contribution in [-0.4, -0.2) is 25.0 Å². The van der Waals surface area contributed by atoms with Gasteiger partial charge in [-0.15, -0.1) is 23.2 Å². The number of hydrogen-bond acceptors (Lipinski definition) is 2. The zero-order chi connectivity index (χ0) is 16.5. The lowest BCUT2D eigenvalue weighted by Gasteiger charge is -2.15. The highest BCUT2D eigenvalue weighted by atomic mass is 35.5. The highest BCUT2D eigenvalue weighted by Crippen LogP contribution is 2.39. The molecule has 0 saturated heterocycles. The summed E-state index contributed by atoms with van der Waals surface area (Å²) >= 11 is 17.8. The van der Waals surface area contributed by atoms with Crippen molar-refractivity contribution in [1.29, 1.82) is 0 Å². The van der Waals surface area contributed by atoms with Crippen LogP contribution in [0.4, 0.5) is 0 Å². The van der Waals surface area contributed by atoms with Crippen LogP contribution in [0, 0.1) is 0 Å². The predicted molar refractivity (Wildman–Crippen MR) is 99.9 cm³/mol.